The van der Waals surface area contributed by atoms with Gasteiger partial charge in [-0.25, -0.2) is 16.8 Å². The summed E-state index contributed by atoms with van der Waals surface area (Å²) < 4.78 is 52.3. The SMILES string of the molecule is CS(=O)(=O)N1CCc2cc(NS(=O)(=O)CCN3C(=O)c4ccccc4C3=O)ccc21. The quantitative estimate of drug-likeness (QED) is 0.658. The number of sulfonamides is 2. The molecule has 11 heteroatoms. The van der Waals surface area contributed by atoms with Crippen LogP contribution in [-0.2, 0) is 26.5 Å². The molecule has 0 radical (unpaired) electrons. The van der Waals surface area contributed by atoms with E-state index in [4.69, 9.17) is 0 Å². The maximum Gasteiger partial charge on any atom is 0.261 e. The zero-order valence-corrected chi connectivity index (χ0v) is 17.7. The van der Waals surface area contributed by atoms with Gasteiger partial charge in [0, 0.05) is 18.8 Å². The minimum absolute atomic E-state index is 0.266. The monoisotopic (exact) mass is 449 g/mol. The summed E-state index contributed by atoms with van der Waals surface area (Å²) in [5.74, 6) is -1.47. The summed E-state index contributed by atoms with van der Waals surface area (Å²) in [6, 6.07) is 11.0. The average Bonchev–Trinajstić information content (AvgIpc) is 3.20. The molecule has 2 amide bonds. The zero-order chi connectivity index (χ0) is 21.7. The Morgan fingerprint density at radius 3 is 2.20 bits per heavy atom. The lowest BCUT2D eigenvalue weighted by Crippen LogP contribution is -2.35. The first-order valence-corrected chi connectivity index (χ1v) is 12.6. The number of nitrogens with one attached hydrogen (secondary N) is 1. The van der Waals surface area contributed by atoms with E-state index in [-0.39, 0.29) is 17.7 Å². The molecule has 0 atom stereocenters. The van der Waals surface area contributed by atoms with E-state index < -0.39 is 37.6 Å². The van der Waals surface area contributed by atoms with Crippen LogP contribution in [0.15, 0.2) is 42.5 Å². The van der Waals surface area contributed by atoms with Gasteiger partial charge in [-0.1, -0.05) is 12.1 Å². The van der Waals surface area contributed by atoms with Gasteiger partial charge < -0.3 is 0 Å². The summed E-state index contributed by atoms with van der Waals surface area (Å²) in [5, 5.41) is 0. The van der Waals surface area contributed by atoms with Gasteiger partial charge in [0.15, 0.2) is 0 Å². The van der Waals surface area contributed by atoms with E-state index in [1.165, 1.54) is 22.5 Å². The van der Waals surface area contributed by atoms with E-state index in [0.717, 1.165) is 16.7 Å². The molecule has 0 bridgehead atoms. The van der Waals surface area contributed by atoms with Crippen LogP contribution in [0.25, 0.3) is 0 Å². The van der Waals surface area contributed by atoms with Crippen molar-refractivity contribution in [3.63, 3.8) is 0 Å². The number of hydrogen-bond donors (Lipinski definition) is 1. The third kappa shape index (κ3) is 3.65. The number of imide groups is 1. The van der Waals surface area contributed by atoms with Gasteiger partial charge in [0.25, 0.3) is 11.8 Å². The normalized spacial score (nSPS) is 16.0. The first kappa shape index (κ1) is 20.4. The Balaban J connectivity index is 1.45. The summed E-state index contributed by atoms with van der Waals surface area (Å²) in [5.41, 5.74) is 2.09. The van der Waals surface area contributed by atoms with E-state index in [1.54, 1.807) is 24.3 Å². The van der Waals surface area contributed by atoms with Crippen molar-refractivity contribution in [2.24, 2.45) is 0 Å². The number of amides is 2. The zero-order valence-electron chi connectivity index (χ0n) is 16.0. The predicted molar refractivity (Wildman–Crippen MR) is 112 cm³/mol. The number of rotatable bonds is 6. The lowest BCUT2D eigenvalue weighted by Gasteiger charge is -2.17. The summed E-state index contributed by atoms with van der Waals surface area (Å²) in [6.45, 7) is 0.0403. The fourth-order valence-electron chi connectivity index (χ4n) is 3.66. The van der Waals surface area contributed by atoms with Crippen LogP contribution in [0.1, 0.15) is 26.3 Å². The summed E-state index contributed by atoms with van der Waals surface area (Å²) in [4.78, 5) is 25.6. The summed E-state index contributed by atoms with van der Waals surface area (Å²) in [6.07, 6.45) is 1.60. The lowest BCUT2D eigenvalue weighted by atomic mass is 10.1. The van der Waals surface area contributed by atoms with Crippen molar-refractivity contribution in [3.05, 3.63) is 59.2 Å². The highest BCUT2D eigenvalue weighted by molar-refractivity contribution is 7.92. The Labute approximate surface area is 174 Å². The molecule has 158 valence electrons. The smallest absolute Gasteiger partial charge is 0.261 e. The molecule has 0 unspecified atom stereocenters. The molecule has 9 nitrogen and oxygen atoms in total. The fourth-order valence-corrected chi connectivity index (χ4v) is 5.63. The molecule has 0 saturated heterocycles. The van der Waals surface area contributed by atoms with Crippen LogP contribution in [0.5, 0.6) is 0 Å². The molecular weight excluding hydrogens is 430 g/mol. The molecule has 2 aromatic carbocycles. The molecular formula is C19H19N3O6S2. The topological polar surface area (TPSA) is 121 Å². The minimum atomic E-state index is -3.84. The van der Waals surface area contributed by atoms with Crippen molar-refractivity contribution in [3.8, 4) is 0 Å². The fraction of sp³-hybridized carbons (Fsp3) is 0.263. The standard InChI is InChI=1S/C19H19N3O6S2/c1-29(25,26)22-9-8-13-12-14(6-7-17(13)22)20-30(27,28)11-10-21-18(23)15-4-2-3-5-16(15)19(21)24/h2-7,12,20H,8-11H2,1H3. The van der Waals surface area contributed by atoms with Crippen LogP contribution < -0.4 is 9.03 Å². The molecule has 4 rings (SSSR count). The van der Waals surface area contributed by atoms with Gasteiger partial charge in [-0.2, -0.15) is 0 Å². The van der Waals surface area contributed by atoms with E-state index >= 15 is 0 Å². The number of nitrogens with zero attached hydrogens (tertiary/aromatic N) is 2. The third-order valence-electron chi connectivity index (χ3n) is 5.07. The summed E-state index contributed by atoms with van der Waals surface area (Å²) in [7, 11) is -7.23. The van der Waals surface area contributed by atoms with E-state index in [9.17, 15) is 26.4 Å². The van der Waals surface area contributed by atoms with E-state index in [2.05, 4.69) is 4.72 Å². The van der Waals surface area contributed by atoms with Crippen LogP contribution in [0.2, 0.25) is 0 Å². The molecule has 0 aromatic heterocycles. The van der Waals surface area contributed by atoms with Crippen molar-refractivity contribution >= 4 is 43.2 Å². The van der Waals surface area contributed by atoms with Crippen LogP contribution in [-0.4, -0.2) is 58.6 Å². The minimum Gasteiger partial charge on any atom is -0.283 e. The van der Waals surface area contributed by atoms with Gasteiger partial charge in [-0.05, 0) is 42.3 Å². The number of benzene rings is 2. The van der Waals surface area contributed by atoms with Gasteiger partial charge in [0.1, 0.15) is 0 Å². The van der Waals surface area contributed by atoms with Crippen molar-refractivity contribution in [1.29, 1.82) is 0 Å². The highest BCUT2D eigenvalue weighted by Crippen LogP contribution is 2.32. The average molecular weight is 450 g/mol. The molecule has 30 heavy (non-hydrogen) atoms. The number of anilines is 2. The number of fused-ring (bicyclic) bond motifs is 2. The van der Waals surface area contributed by atoms with Crippen molar-refractivity contribution < 1.29 is 26.4 Å². The Bertz CT molecular complexity index is 1240. The Morgan fingerprint density at radius 1 is 0.967 bits per heavy atom. The largest absolute Gasteiger partial charge is 0.283 e. The third-order valence-corrected chi connectivity index (χ3v) is 7.51. The second-order valence-electron chi connectivity index (χ2n) is 7.16. The second-order valence-corrected chi connectivity index (χ2v) is 10.9. The van der Waals surface area contributed by atoms with E-state index in [0.29, 0.717) is 24.3 Å². The van der Waals surface area contributed by atoms with E-state index in [1.807, 2.05) is 0 Å². The van der Waals surface area contributed by atoms with Gasteiger partial charge in [0.2, 0.25) is 20.0 Å². The highest BCUT2D eigenvalue weighted by atomic mass is 32.2. The number of carbonyl (C=O) groups is 2. The van der Waals surface area contributed by atoms with Crippen molar-refractivity contribution in [2.75, 3.05) is 34.1 Å². The molecule has 1 N–H and O–H groups in total. The Hall–Kier alpha value is -2.92. The molecule has 0 spiro atoms. The summed E-state index contributed by atoms with van der Waals surface area (Å²) >= 11 is 0. The van der Waals surface area contributed by atoms with Gasteiger partial charge in [-0.15, -0.1) is 0 Å². The second kappa shape index (κ2) is 7.10. The van der Waals surface area contributed by atoms with Crippen LogP contribution >= 0.6 is 0 Å². The van der Waals surface area contributed by atoms with Crippen molar-refractivity contribution in [2.45, 2.75) is 6.42 Å². The molecule has 0 fully saturated rings. The molecule has 0 aliphatic carbocycles. The molecule has 0 saturated carbocycles. The van der Waals surface area contributed by atoms with Crippen LogP contribution in [0.4, 0.5) is 11.4 Å². The highest BCUT2D eigenvalue weighted by Gasteiger charge is 2.35. The first-order chi connectivity index (χ1) is 14.1. The number of hydrogen-bond acceptors (Lipinski definition) is 6. The van der Waals surface area contributed by atoms with Crippen LogP contribution in [0, 0.1) is 0 Å². The lowest BCUT2D eigenvalue weighted by molar-refractivity contribution is 0.0664. The van der Waals surface area contributed by atoms with Crippen molar-refractivity contribution in [1.82, 2.24) is 4.90 Å². The molecule has 2 aromatic rings. The molecule has 2 aliphatic rings. The Morgan fingerprint density at radius 2 is 1.60 bits per heavy atom. The number of carbonyl (C=O) groups excluding carboxylic acids is 2. The first-order valence-electron chi connectivity index (χ1n) is 9.13. The van der Waals surface area contributed by atoms with Crippen LogP contribution in [0.3, 0.4) is 0 Å². The molecule has 2 aliphatic heterocycles. The molecule has 2 heterocycles. The van der Waals surface area contributed by atoms with Gasteiger partial charge in [0.05, 0.1) is 28.8 Å². The maximum atomic E-state index is 12.5. The Kier molecular flexibility index (Phi) is 4.82. The predicted octanol–water partition coefficient (Wildman–Crippen LogP) is 1.05. The van der Waals surface area contributed by atoms with Gasteiger partial charge >= 0.3 is 0 Å². The van der Waals surface area contributed by atoms with Gasteiger partial charge in [-0.3, -0.25) is 23.5 Å². The maximum absolute atomic E-state index is 12.5.